The second kappa shape index (κ2) is 5.20. The van der Waals surface area contributed by atoms with Crippen molar-refractivity contribution in [3.63, 3.8) is 0 Å². The molecule has 2 rings (SSSR count). The van der Waals surface area contributed by atoms with Crippen LogP contribution in [0.3, 0.4) is 0 Å². The summed E-state index contributed by atoms with van der Waals surface area (Å²) in [6.45, 7) is 0. The van der Waals surface area contributed by atoms with E-state index in [0.29, 0.717) is 6.07 Å². The SMILES string of the molecule is COc1cccc(F)c1-c1nc(F)c(C(=O)O)cc1F. The van der Waals surface area contributed by atoms with Crippen molar-refractivity contribution in [3.05, 3.63) is 47.4 Å². The van der Waals surface area contributed by atoms with Crippen LogP contribution in [-0.2, 0) is 0 Å². The lowest BCUT2D eigenvalue weighted by molar-refractivity contribution is 0.0690. The molecule has 0 aliphatic rings. The van der Waals surface area contributed by atoms with Crippen molar-refractivity contribution >= 4 is 5.97 Å². The molecule has 1 heterocycles. The third kappa shape index (κ3) is 2.29. The van der Waals surface area contributed by atoms with Crippen LogP contribution in [0.4, 0.5) is 13.2 Å². The molecule has 0 amide bonds. The largest absolute Gasteiger partial charge is 0.496 e. The van der Waals surface area contributed by atoms with Gasteiger partial charge in [0.2, 0.25) is 5.95 Å². The smallest absolute Gasteiger partial charge is 0.340 e. The Morgan fingerprint density at radius 3 is 2.55 bits per heavy atom. The Kier molecular flexibility index (Phi) is 3.60. The molecule has 1 N–H and O–H groups in total. The highest BCUT2D eigenvalue weighted by molar-refractivity contribution is 5.88. The molecule has 0 radical (unpaired) electrons. The number of carboxylic acid groups (broad SMARTS) is 1. The number of rotatable bonds is 3. The Hall–Kier alpha value is -2.57. The van der Waals surface area contributed by atoms with Crippen LogP contribution in [-0.4, -0.2) is 23.2 Å². The van der Waals surface area contributed by atoms with Crippen LogP contribution in [0.2, 0.25) is 0 Å². The fraction of sp³-hybridized carbons (Fsp3) is 0.0769. The quantitative estimate of drug-likeness (QED) is 0.880. The van der Waals surface area contributed by atoms with Gasteiger partial charge in [-0.2, -0.15) is 4.39 Å². The zero-order chi connectivity index (χ0) is 14.9. The van der Waals surface area contributed by atoms with E-state index in [4.69, 9.17) is 9.84 Å². The first-order valence-electron chi connectivity index (χ1n) is 5.38. The first-order valence-corrected chi connectivity index (χ1v) is 5.38. The van der Waals surface area contributed by atoms with Crippen molar-refractivity contribution < 1.29 is 27.8 Å². The molecule has 0 spiro atoms. The van der Waals surface area contributed by atoms with Crippen molar-refractivity contribution in [3.8, 4) is 17.0 Å². The van der Waals surface area contributed by atoms with Gasteiger partial charge in [-0.1, -0.05) is 6.07 Å². The maximum Gasteiger partial charge on any atom is 0.340 e. The third-order valence-electron chi connectivity index (χ3n) is 2.59. The molecule has 0 unspecified atom stereocenters. The topological polar surface area (TPSA) is 59.4 Å². The molecule has 0 atom stereocenters. The van der Waals surface area contributed by atoms with E-state index in [1.165, 1.54) is 19.2 Å². The highest BCUT2D eigenvalue weighted by atomic mass is 19.1. The molecule has 0 fully saturated rings. The summed E-state index contributed by atoms with van der Waals surface area (Å²) in [5.74, 6) is -5.13. The first kappa shape index (κ1) is 13.9. The molecule has 0 saturated heterocycles. The van der Waals surface area contributed by atoms with Crippen LogP contribution >= 0.6 is 0 Å². The molecule has 0 bridgehead atoms. The molecule has 2 aromatic rings. The van der Waals surface area contributed by atoms with E-state index in [0.717, 1.165) is 6.07 Å². The van der Waals surface area contributed by atoms with E-state index in [1.54, 1.807) is 0 Å². The highest BCUT2D eigenvalue weighted by Gasteiger charge is 2.22. The van der Waals surface area contributed by atoms with Gasteiger partial charge >= 0.3 is 5.97 Å². The van der Waals surface area contributed by atoms with Gasteiger partial charge in [-0.25, -0.2) is 18.6 Å². The Morgan fingerprint density at radius 1 is 1.25 bits per heavy atom. The molecule has 104 valence electrons. The van der Waals surface area contributed by atoms with Gasteiger partial charge in [0.1, 0.15) is 22.8 Å². The van der Waals surface area contributed by atoms with Crippen molar-refractivity contribution in [1.82, 2.24) is 4.98 Å². The lowest BCUT2D eigenvalue weighted by Crippen LogP contribution is -2.06. The van der Waals surface area contributed by atoms with Gasteiger partial charge in [0, 0.05) is 0 Å². The molecule has 20 heavy (non-hydrogen) atoms. The summed E-state index contributed by atoms with van der Waals surface area (Å²) in [6.07, 6.45) is 0. The lowest BCUT2D eigenvalue weighted by atomic mass is 10.1. The Bertz CT molecular complexity index is 689. The van der Waals surface area contributed by atoms with Crippen LogP contribution < -0.4 is 4.74 Å². The van der Waals surface area contributed by atoms with Gasteiger partial charge in [-0.05, 0) is 18.2 Å². The summed E-state index contributed by atoms with van der Waals surface area (Å²) in [5.41, 5.74) is -1.95. The Labute approximate surface area is 111 Å². The zero-order valence-corrected chi connectivity index (χ0v) is 10.2. The monoisotopic (exact) mass is 283 g/mol. The molecule has 0 aliphatic heterocycles. The summed E-state index contributed by atoms with van der Waals surface area (Å²) in [6, 6.07) is 4.16. The van der Waals surface area contributed by atoms with Crippen LogP contribution in [0, 0.1) is 17.6 Å². The summed E-state index contributed by atoms with van der Waals surface area (Å²) >= 11 is 0. The normalized spacial score (nSPS) is 10.4. The first-order chi connectivity index (χ1) is 9.45. The number of benzene rings is 1. The van der Waals surface area contributed by atoms with E-state index >= 15 is 0 Å². The molecular weight excluding hydrogens is 275 g/mol. The minimum Gasteiger partial charge on any atom is -0.496 e. The van der Waals surface area contributed by atoms with E-state index in [9.17, 15) is 18.0 Å². The number of halogens is 3. The fourth-order valence-electron chi connectivity index (χ4n) is 1.70. The molecule has 1 aromatic heterocycles. The minimum atomic E-state index is -1.67. The lowest BCUT2D eigenvalue weighted by Gasteiger charge is -2.10. The number of carbonyl (C=O) groups is 1. The number of aromatic carboxylic acids is 1. The Balaban J connectivity index is 2.71. The molecule has 7 heteroatoms. The molecule has 0 aliphatic carbocycles. The van der Waals surface area contributed by atoms with Crippen LogP contribution in [0.1, 0.15) is 10.4 Å². The maximum absolute atomic E-state index is 13.9. The van der Waals surface area contributed by atoms with Crippen LogP contribution in [0.5, 0.6) is 5.75 Å². The molecule has 4 nitrogen and oxygen atoms in total. The van der Waals surface area contributed by atoms with E-state index in [2.05, 4.69) is 4.98 Å². The predicted octanol–water partition coefficient (Wildman–Crippen LogP) is 2.87. The molecule has 1 aromatic carbocycles. The summed E-state index contributed by atoms with van der Waals surface area (Å²) in [4.78, 5) is 13.9. The molecule has 0 saturated carbocycles. The number of aromatic nitrogens is 1. The molecular formula is C13H8F3NO3. The summed E-state index contributed by atoms with van der Waals surface area (Å²) in [7, 11) is 1.23. The van der Waals surface area contributed by atoms with Crippen LogP contribution in [0.15, 0.2) is 24.3 Å². The number of nitrogens with zero attached hydrogens (tertiary/aromatic N) is 1. The number of hydrogen-bond acceptors (Lipinski definition) is 3. The second-order valence-corrected chi connectivity index (χ2v) is 3.78. The van der Waals surface area contributed by atoms with Gasteiger partial charge in [0.05, 0.1) is 12.7 Å². The average Bonchev–Trinajstić information content (AvgIpc) is 2.40. The fourth-order valence-corrected chi connectivity index (χ4v) is 1.70. The third-order valence-corrected chi connectivity index (χ3v) is 2.59. The minimum absolute atomic E-state index is 0.0427. The number of hydrogen-bond donors (Lipinski definition) is 1. The van der Waals surface area contributed by atoms with Crippen molar-refractivity contribution in [2.24, 2.45) is 0 Å². The summed E-state index contributed by atoms with van der Waals surface area (Å²) in [5, 5.41) is 8.66. The summed E-state index contributed by atoms with van der Waals surface area (Å²) < 4.78 is 46.0. The van der Waals surface area contributed by atoms with Gasteiger partial charge in [-0.15, -0.1) is 0 Å². The predicted molar refractivity (Wildman–Crippen MR) is 63.1 cm³/mol. The number of ether oxygens (including phenoxy) is 1. The zero-order valence-electron chi connectivity index (χ0n) is 10.2. The maximum atomic E-state index is 13.9. The second-order valence-electron chi connectivity index (χ2n) is 3.78. The van der Waals surface area contributed by atoms with Crippen LogP contribution in [0.25, 0.3) is 11.3 Å². The average molecular weight is 283 g/mol. The van der Waals surface area contributed by atoms with Gasteiger partial charge in [-0.3, -0.25) is 0 Å². The van der Waals surface area contributed by atoms with E-state index < -0.39 is 34.8 Å². The van der Waals surface area contributed by atoms with E-state index in [1.807, 2.05) is 0 Å². The number of methoxy groups -OCH3 is 1. The number of pyridine rings is 1. The standard InChI is InChI=1S/C13H8F3NO3/c1-20-9-4-2-3-7(14)10(9)11-8(15)5-6(13(18)19)12(16)17-11/h2-5H,1H3,(H,18,19). The van der Waals surface area contributed by atoms with Gasteiger partial charge in [0.25, 0.3) is 0 Å². The van der Waals surface area contributed by atoms with Crippen molar-refractivity contribution in [2.45, 2.75) is 0 Å². The van der Waals surface area contributed by atoms with Gasteiger partial charge in [0.15, 0.2) is 5.82 Å². The number of carboxylic acids is 1. The van der Waals surface area contributed by atoms with Gasteiger partial charge < -0.3 is 9.84 Å². The Morgan fingerprint density at radius 2 is 1.95 bits per heavy atom. The van der Waals surface area contributed by atoms with Crippen molar-refractivity contribution in [2.75, 3.05) is 7.11 Å². The van der Waals surface area contributed by atoms with E-state index in [-0.39, 0.29) is 11.3 Å². The highest BCUT2D eigenvalue weighted by Crippen LogP contribution is 2.33. The van der Waals surface area contributed by atoms with Crippen molar-refractivity contribution in [1.29, 1.82) is 0 Å².